The Hall–Kier alpha value is -2.32. The van der Waals surface area contributed by atoms with E-state index in [4.69, 9.17) is 9.05 Å². The Labute approximate surface area is 395 Å². The Kier molecular flexibility index (Phi) is 44.2. The standard InChI is InChI=1S/C55H99N2O6P/c1-6-8-10-12-14-16-18-20-22-24-26-28-30-32-34-36-38-40-42-44-46-48-54(58)53(52-63-64(60,61)62-51-50-57(3,4)5)56-55(59)49-47-45-43-41-39-37-35-33-31-29-27-25-23-21-19-17-15-13-11-9-7-2/h9,11,15,17,21,23,27,29,33,35,38,40,46,48,53-54,58H,6-8,10,12-14,16,18-20,22,24-26,28,30-32,34,36-37,39,41-45,47,49-52H2,1-5H3,(H-,56,59,60,61)/b11-9-,17-15-,23-21-,29-27-,35-33-,40-38+,48-46+. The van der Waals surface area contributed by atoms with Gasteiger partial charge in [-0.05, 0) is 77.0 Å². The lowest BCUT2D eigenvalue weighted by atomic mass is 10.0. The average molecular weight is 915 g/mol. The van der Waals surface area contributed by atoms with Gasteiger partial charge in [-0.2, -0.15) is 0 Å². The van der Waals surface area contributed by atoms with Crippen LogP contribution in [-0.4, -0.2) is 68.5 Å². The van der Waals surface area contributed by atoms with Gasteiger partial charge in [-0.1, -0.05) is 208 Å². The lowest BCUT2D eigenvalue weighted by Crippen LogP contribution is -2.45. The zero-order chi connectivity index (χ0) is 47.1. The molecule has 0 rings (SSSR count). The molecule has 0 aliphatic rings. The van der Waals surface area contributed by atoms with Gasteiger partial charge in [0, 0.05) is 6.42 Å². The molecule has 0 spiro atoms. The molecule has 0 fully saturated rings. The summed E-state index contributed by atoms with van der Waals surface area (Å²) in [7, 11) is 1.22. The molecule has 370 valence electrons. The van der Waals surface area contributed by atoms with Crippen LogP contribution in [0.3, 0.4) is 0 Å². The number of amides is 1. The molecule has 3 atom stereocenters. The lowest BCUT2D eigenvalue weighted by molar-refractivity contribution is -0.870. The van der Waals surface area contributed by atoms with Gasteiger partial charge < -0.3 is 28.8 Å². The fraction of sp³-hybridized carbons (Fsp3) is 0.727. The third kappa shape index (κ3) is 47.6. The van der Waals surface area contributed by atoms with E-state index in [2.05, 4.69) is 92.1 Å². The van der Waals surface area contributed by atoms with Crippen molar-refractivity contribution < 1.29 is 32.9 Å². The van der Waals surface area contributed by atoms with Gasteiger partial charge in [0.25, 0.3) is 7.82 Å². The summed E-state index contributed by atoms with van der Waals surface area (Å²) < 4.78 is 23.3. The SMILES string of the molecule is CC/C=C\C/C=C\C/C=C\C/C=C\C/C=C\CCCCCCCC(=O)NC(COP(=O)([O-])OCC[N+](C)(C)C)C(O)/C=C/CC/C=C/CCCCCCCCCCCCCCCCC. The molecular formula is C55H99N2O6P. The first kappa shape index (κ1) is 61.7. The normalized spacial score (nSPS) is 14.8. The van der Waals surface area contributed by atoms with Gasteiger partial charge in [0.05, 0.1) is 39.9 Å². The fourth-order valence-corrected chi connectivity index (χ4v) is 7.74. The van der Waals surface area contributed by atoms with Crippen LogP contribution in [0, 0.1) is 0 Å². The zero-order valence-corrected chi connectivity index (χ0v) is 42.8. The van der Waals surface area contributed by atoms with E-state index >= 15 is 0 Å². The number of likely N-dealkylation sites (N-methyl/N-ethyl adjacent to an activating group) is 1. The largest absolute Gasteiger partial charge is 0.756 e. The first-order valence-electron chi connectivity index (χ1n) is 25.9. The molecule has 8 nitrogen and oxygen atoms in total. The number of hydrogen-bond acceptors (Lipinski definition) is 6. The first-order chi connectivity index (χ1) is 31.0. The molecule has 64 heavy (non-hydrogen) atoms. The lowest BCUT2D eigenvalue weighted by Gasteiger charge is -2.29. The third-order valence-electron chi connectivity index (χ3n) is 11.1. The molecule has 0 radical (unpaired) electrons. The number of hydrogen-bond donors (Lipinski definition) is 2. The monoisotopic (exact) mass is 915 g/mol. The number of aliphatic hydroxyl groups excluding tert-OH is 1. The Morgan fingerprint density at radius 1 is 0.562 bits per heavy atom. The minimum Gasteiger partial charge on any atom is -0.756 e. The molecule has 0 aromatic rings. The summed E-state index contributed by atoms with van der Waals surface area (Å²) in [6.45, 7) is 4.49. The number of phosphoric acid groups is 1. The molecule has 2 N–H and O–H groups in total. The van der Waals surface area contributed by atoms with Crippen LogP contribution in [0.1, 0.15) is 206 Å². The second kappa shape index (κ2) is 45.8. The topological polar surface area (TPSA) is 108 Å². The van der Waals surface area contributed by atoms with Crippen molar-refractivity contribution >= 4 is 13.7 Å². The summed E-state index contributed by atoms with van der Waals surface area (Å²) >= 11 is 0. The predicted octanol–water partition coefficient (Wildman–Crippen LogP) is 14.7. The van der Waals surface area contributed by atoms with Crippen molar-refractivity contribution in [2.24, 2.45) is 0 Å². The van der Waals surface area contributed by atoms with E-state index in [0.29, 0.717) is 17.4 Å². The molecule has 0 saturated carbocycles. The number of carbonyl (C=O) groups is 1. The fourth-order valence-electron chi connectivity index (χ4n) is 7.02. The van der Waals surface area contributed by atoms with Crippen LogP contribution in [0.25, 0.3) is 0 Å². The number of phosphoric ester groups is 1. The van der Waals surface area contributed by atoms with Gasteiger partial charge in [-0.25, -0.2) is 0 Å². The van der Waals surface area contributed by atoms with Crippen molar-refractivity contribution in [3.63, 3.8) is 0 Å². The molecule has 0 aromatic heterocycles. The highest BCUT2D eigenvalue weighted by Crippen LogP contribution is 2.38. The number of quaternary nitrogens is 1. The summed E-state index contributed by atoms with van der Waals surface area (Å²) in [6, 6.07) is -0.919. The summed E-state index contributed by atoms with van der Waals surface area (Å²) in [5.74, 6) is -0.228. The Morgan fingerprint density at radius 3 is 1.45 bits per heavy atom. The molecule has 0 aliphatic heterocycles. The molecule has 0 heterocycles. The quantitative estimate of drug-likeness (QED) is 0.0273. The van der Waals surface area contributed by atoms with Crippen LogP contribution in [0.5, 0.6) is 0 Å². The van der Waals surface area contributed by atoms with Crippen molar-refractivity contribution in [3.8, 4) is 0 Å². The van der Waals surface area contributed by atoms with E-state index in [9.17, 15) is 19.4 Å². The Bertz CT molecular complexity index is 1310. The van der Waals surface area contributed by atoms with Crippen LogP contribution in [0.15, 0.2) is 85.1 Å². The number of nitrogens with zero attached hydrogens (tertiary/aromatic N) is 1. The van der Waals surface area contributed by atoms with Crippen LogP contribution >= 0.6 is 7.82 Å². The summed E-state index contributed by atoms with van der Waals surface area (Å²) in [5.41, 5.74) is 0. The number of carbonyl (C=O) groups excluding carboxylic acids is 1. The van der Waals surface area contributed by atoms with Crippen molar-refractivity contribution in [3.05, 3.63) is 85.1 Å². The predicted molar refractivity (Wildman–Crippen MR) is 274 cm³/mol. The smallest absolute Gasteiger partial charge is 0.268 e. The maximum Gasteiger partial charge on any atom is 0.268 e. The van der Waals surface area contributed by atoms with Crippen molar-refractivity contribution in [2.45, 2.75) is 219 Å². The third-order valence-corrected chi connectivity index (χ3v) is 12.1. The first-order valence-corrected chi connectivity index (χ1v) is 27.4. The van der Waals surface area contributed by atoms with E-state index in [1.165, 1.54) is 96.3 Å². The van der Waals surface area contributed by atoms with E-state index in [-0.39, 0.29) is 12.5 Å². The van der Waals surface area contributed by atoms with Gasteiger partial charge in [-0.3, -0.25) is 9.36 Å². The molecule has 0 bridgehead atoms. The van der Waals surface area contributed by atoms with Crippen LogP contribution < -0.4 is 10.2 Å². The van der Waals surface area contributed by atoms with E-state index < -0.39 is 26.6 Å². The number of rotatable bonds is 46. The van der Waals surface area contributed by atoms with E-state index in [1.54, 1.807) is 6.08 Å². The minimum atomic E-state index is -4.61. The van der Waals surface area contributed by atoms with Crippen molar-refractivity contribution in [1.29, 1.82) is 0 Å². The van der Waals surface area contributed by atoms with Gasteiger partial charge in [0.1, 0.15) is 13.2 Å². The molecular weight excluding hydrogens is 816 g/mol. The molecule has 0 aromatic carbocycles. The summed E-state index contributed by atoms with van der Waals surface area (Å²) in [5, 5.41) is 13.8. The second-order valence-electron chi connectivity index (χ2n) is 18.5. The number of nitrogens with one attached hydrogen (secondary N) is 1. The van der Waals surface area contributed by atoms with Crippen molar-refractivity contribution in [2.75, 3.05) is 40.9 Å². The van der Waals surface area contributed by atoms with Gasteiger partial charge in [0.2, 0.25) is 5.91 Å². The molecule has 1 amide bonds. The highest BCUT2D eigenvalue weighted by molar-refractivity contribution is 7.45. The second-order valence-corrected chi connectivity index (χ2v) is 19.9. The average Bonchev–Trinajstić information content (AvgIpc) is 3.25. The minimum absolute atomic E-state index is 0.0148. The van der Waals surface area contributed by atoms with Gasteiger partial charge in [0.15, 0.2) is 0 Å². The van der Waals surface area contributed by atoms with Gasteiger partial charge in [-0.15, -0.1) is 0 Å². The zero-order valence-electron chi connectivity index (χ0n) is 42.0. The number of aliphatic hydroxyl groups is 1. The molecule has 0 saturated heterocycles. The number of unbranched alkanes of at least 4 members (excludes halogenated alkanes) is 21. The van der Waals surface area contributed by atoms with Crippen LogP contribution in [0.4, 0.5) is 0 Å². The molecule has 3 unspecified atom stereocenters. The van der Waals surface area contributed by atoms with Crippen molar-refractivity contribution in [1.82, 2.24) is 5.32 Å². The maximum absolute atomic E-state index is 12.9. The summed E-state index contributed by atoms with van der Waals surface area (Å²) in [6.07, 6.45) is 63.6. The molecule has 0 aliphatic carbocycles. The highest BCUT2D eigenvalue weighted by Gasteiger charge is 2.23. The van der Waals surface area contributed by atoms with Crippen LogP contribution in [0.2, 0.25) is 0 Å². The van der Waals surface area contributed by atoms with Crippen LogP contribution in [-0.2, 0) is 18.4 Å². The van der Waals surface area contributed by atoms with E-state index in [1.807, 2.05) is 27.2 Å². The number of allylic oxidation sites excluding steroid dienone is 13. The Morgan fingerprint density at radius 2 is 0.969 bits per heavy atom. The van der Waals surface area contributed by atoms with E-state index in [0.717, 1.165) is 89.9 Å². The highest BCUT2D eigenvalue weighted by atomic mass is 31.2. The summed E-state index contributed by atoms with van der Waals surface area (Å²) in [4.78, 5) is 25.4. The molecule has 9 heteroatoms. The van der Waals surface area contributed by atoms with Gasteiger partial charge >= 0.3 is 0 Å². The Balaban J connectivity index is 4.42. The maximum atomic E-state index is 12.9.